The van der Waals surface area contributed by atoms with E-state index in [0.29, 0.717) is 13.0 Å². The number of nitrogens with one attached hydrogen (secondary N) is 1. The number of para-hydroxylation sites is 2. The van der Waals surface area contributed by atoms with E-state index in [9.17, 15) is 9.59 Å². The second kappa shape index (κ2) is 8.38. The zero-order chi connectivity index (χ0) is 16.7. The minimum atomic E-state index is -1.02. The van der Waals surface area contributed by atoms with Crippen LogP contribution in [0.4, 0.5) is 5.69 Å². The van der Waals surface area contributed by atoms with Crippen LogP contribution in [-0.4, -0.2) is 68.3 Å². The Kier molecular flexibility index (Phi) is 6.22. The number of carbonyl (C=O) groups is 2. The van der Waals surface area contributed by atoms with Crippen LogP contribution >= 0.6 is 0 Å². The minimum absolute atomic E-state index is 0.223. The highest BCUT2D eigenvalue weighted by Crippen LogP contribution is 2.28. The van der Waals surface area contributed by atoms with Gasteiger partial charge in [0.25, 0.3) is 0 Å². The summed E-state index contributed by atoms with van der Waals surface area (Å²) in [7, 11) is 1.67. The molecule has 2 N–H and O–H groups in total. The lowest BCUT2D eigenvalue weighted by Crippen LogP contribution is -2.47. The van der Waals surface area contributed by atoms with Gasteiger partial charge >= 0.3 is 5.97 Å². The Labute approximate surface area is 135 Å². The molecule has 1 fully saturated rings. The average molecular weight is 321 g/mol. The summed E-state index contributed by atoms with van der Waals surface area (Å²) in [6, 6.07) is 7.95. The number of hydrogen-bond donors (Lipinski definition) is 2. The molecule has 1 aromatic carbocycles. The lowest BCUT2D eigenvalue weighted by atomic mass is 10.2. The van der Waals surface area contributed by atoms with Crippen molar-refractivity contribution in [3.63, 3.8) is 0 Å². The average Bonchev–Trinajstić information content (AvgIpc) is 2.58. The molecule has 0 radical (unpaired) electrons. The SMILES string of the molecule is COc1ccccc1N1CCN(CCC(=O)NCC(=O)O)CC1. The van der Waals surface area contributed by atoms with Crippen molar-refractivity contribution in [2.75, 3.05) is 51.3 Å². The summed E-state index contributed by atoms with van der Waals surface area (Å²) in [6.45, 7) is 3.80. The van der Waals surface area contributed by atoms with Gasteiger partial charge in [-0.2, -0.15) is 0 Å². The van der Waals surface area contributed by atoms with Crippen LogP contribution in [0.15, 0.2) is 24.3 Å². The number of carbonyl (C=O) groups excluding carboxylic acids is 1. The maximum Gasteiger partial charge on any atom is 0.322 e. The van der Waals surface area contributed by atoms with E-state index >= 15 is 0 Å². The standard InChI is InChI=1S/C16H23N3O4/c1-23-14-5-3-2-4-13(14)19-10-8-18(9-11-19)7-6-15(20)17-12-16(21)22/h2-5H,6-12H2,1H3,(H,17,20)(H,21,22). The van der Waals surface area contributed by atoms with E-state index in [2.05, 4.69) is 15.1 Å². The Hall–Kier alpha value is -2.28. The third-order valence-electron chi connectivity index (χ3n) is 3.89. The fraction of sp³-hybridized carbons (Fsp3) is 0.500. The van der Waals surface area contributed by atoms with Gasteiger partial charge in [0.15, 0.2) is 0 Å². The summed E-state index contributed by atoms with van der Waals surface area (Å²) in [5.41, 5.74) is 1.09. The first-order chi connectivity index (χ1) is 11.1. The number of anilines is 1. The van der Waals surface area contributed by atoms with Gasteiger partial charge in [0.2, 0.25) is 5.91 Å². The van der Waals surface area contributed by atoms with E-state index < -0.39 is 5.97 Å². The smallest absolute Gasteiger partial charge is 0.322 e. The molecular weight excluding hydrogens is 298 g/mol. The molecule has 0 unspecified atom stereocenters. The number of carboxylic acids is 1. The lowest BCUT2D eigenvalue weighted by Gasteiger charge is -2.36. The first-order valence-electron chi connectivity index (χ1n) is 7.69. The van der Waals surface area contributed by atoms with E-state index in [1.165, 1.54) is 0 Å². The van der Waals surface area contributed by atoms with E-state index in [4.69, 9.17) is 9.84 Å². The number of methoxy groups -OCH3 is 1. The van der Waals surface area contributed by atoms with Crippen molar-refractivity contribution in [1.82, 2.24) is 10.2 Å². The van der Waals surface area contributed by atoms with E-state index in [0.717, 1.165) is 37.6 Å². The Balaban J connectivity index is 1.76. The Morgan fingerprint density at radius 1 is 1.22 bits per heavy atom. The number of carboxylic acid groups (broad SMARTS) is 1. The van der Waals surface area contributed by atoms with Crippen LogP contribution in [0.1, 0.15) is 6.42 Å². The molecule has 1 heterocycles. The number of benzene rings is 1. The second-order valence-electron chi connectivity index (χ2n) is 5.42. The molecule has 7 heteroatoms. The number of aliphatic carboxylic acids is 1. The lowest BCUT2D eigenvalue weighted by molar-refractivity contribution is -0.138. The normalized spacial score (nSPS) is 15.3. The number of rotatable bonds is 7. The Morgan fingerprint density at radius 2 is 1.91 bits per heavy atom. The van der Waals surface area contributed by atoms with Crippen LogP contribution in [0.25, 0.3) is 0 Å². The van der Waals surface area contributed by atoms with Crippen LogP contribution in [0, 0.1) is 0 Å². The zero-order valence-corrected chi connectivity index (χ0v) is 13.3. The molecular formula is C16H23N3O4. The summed E-state index contributed by atoms with van der Waals surface area (Å²) < 4.78 is 5.39. The van der Waals surface area contributed by atoms with Crippen molar-refractivity contribution in [3.05, 3.63) is 24.3 Å². The predicted molar refractivity (Wildman–Crippen MR) is 86.9 cm³/mol. The molecule has 0 aliphatic carbocycles. The molecule has 1 amide bonds. The highest BCUT2D eigenvalue weighted by atomic mass is 16.5. The molecule has 0 bridgehead atoms. The maximum absolute atomic E-state index is 11.5. The second-order valence-corrected chi connectivity index (χ2v) is 5.42. The first kappa shape index (κ1) is 17.1. The van der Waals surface area contributed by atoms with Gasteiger partial charge in [0.1, 0.15) is 12.3 Å². The third kappa shape index (κ3) is 5.14. The van der Waals surface area contributed by atoms with Crippen molar-refractivity contribution in [3.8, 4) is 5.75 Å². The van der Waals surface area contributed by atoms with Gasteiger partial charge in [-0.25, -0.2) is 0 Å². The number of nitrogens with zero attached hydrogens (tertiary/aromatic N) is 2. The fourth-order valence-corrected chi connectivity index (χ4v) is 2.63. The molecule has 0 saturated carbocycles. The first-order valence-corrected chi connectivity index (χ1v) is 7.69. The maximum atomic E-state index is 11.5. The molecule has 0 aromatic heterocycles. The van der Waals surface area contributed by atoms with E-state index in [1.807, 2.05) is 24.3 Å². The predicted octanol–water partition coefficient (Wildman–Crippen LogP) is 0.408. The van der Waals surface area contributed by atoms with Crippen molar-refractivity contribution < 1.29 is 19.4 Å². The van der Waals surface area contributed by atoms with Crippen LogP contribution in [0.3, 0.4) is 0 Å². The van der Waals surface area contributed by atoms with Crippen molar-refractivity contribution in [1.29, 1.82) is 0 Å². The zero-order valence-electron chi connectivity index (χ0n) is 13.3. The van der Waals surface area contributed by atoms with Gasteiger partial charge in [0.05, 0.1) is 12.8 Å². The molecule has 7 nitrogen and oxygen atoms in total. The molecule has 1 saturated heterocycles. The minimum Gasteiger partial charge on any atom is -0.495 e. The molecule has 0 spiro atoms. The third-order valence-corrected chi connectivity index (χ3v) is 3.89. The summed E-state index contributed by atoms with van der Waals surface area (Å²) >= 11 is 0. The van der Waals surface area contributed by atoms with Crippen molar-refractivity contribution in [2.45, 2.75) is 6.42 Å². The number of amides is 1. The van der Waals surface area contributed by atoms with Crippen molar-refractivity contribution >= 4 is 17.6 Å². The quantitative estimate of drug-likeness (QED) is 0.757. The fourth-order valence-electron chi connectivity index (χ4n) is 2.63. The van der Waals surface area contributed by atoms with Gasteiger partial charge in [-0.3, -0.25) is 14.5 Å². The molecule has 1 aliphatic rings. The summed E-state index contributed by atoms with van der Waals surface area (Å²) in [6.07, 6.45) is 0.321. The highest BCUT2D eigenvalue weighted by molar-refractivity contribution is 5.81. The van der Waals surface area contributed by atoms with Gasteiger partial charge in [-0.05, 0) is 12.1 Å². The van der Waals surface area contributed by atoms with Crippen LogP contribution in [0.5, 0.6) is 5.75 Å². The molecule has 1 aliphatic heterocycles. The van der Waals surface area contributed by atoms with Crippen LogP contribution in [-0.2, 0) is 9.59 Å². The van der Waals surface area contributed by atoms with Gasteiger partial charge in [-0.15, -0.1) is 0 Å². The molecule has 2 rings (SSSR count). The summed E-state index contributed by atoms with van der Waals surface area (Å²) in [4.78, 5) is 26.4. The van der Waals surface area contributed by atoms with Crippen LogP contribution < -0.4 is 15.0 Å². The summed E-state index contributed by atoms with van der Waals surface area (Å²) in [5.74, 6) is -0.377. The Morgan fingerprint density at radius 3 is 2.57 bits per heavy atom. The topological polar surface area (TPSA) is 82.1 Å². The largest absolute Gasteiger partial charge is 0.495 e. The highest BCUT2D eigenvalue weighted by Gasteiger charge is 2.19. The monoisotopic (exact) mass is 321 g/mol. The molecule has 0 atom stereocenters. The number of hydrogen-bond acceptors (Lipinski definition) is 5. The number of piperazine rings is 1. The van der Waals surface area contributed by atoms with Crippen LogP contribution in [0.2, 0.25) is 0 Å². The molecule has 1 aromatic rings. The van der Waals surface area contributed by atoms with E-state index in [1.54, 1.807) is 7.11 Å². The van der Waals surface area contributed by atoms with Gasteiger partial charge < -0.3 is 20.1 Å². The van der Waals surface area contributed by atoms with Gasteiger partial charge in [-0.1, -0.05) is 12.1 Å². The molecule has 23 heavy (non-hydrogen) atoms. The van der Waals surface area contributed by atoms with Crippen molar-refractivity contribution in [2.24, 2.45) is 0 Å². The van der Waals surface area contributed by atoms with Gasteiger partial charge in [0, 0.05) is 39.1 Å². The Bertz CT molecular complexity index is 542. The van der Waals surface area contributed by atoms with E-state index in [-0.39, 0.29) is 12.5 Å². The molecule has 126 valence electrons. The summed E-state index contributed by atoms with van der Waals surface area (Å²) in [5, 5.41) is 10.9. The number of ether oxygens (including phenoxy) is 1.